The van der Waals surface area contributed by atoms with Gasteiger partial charge >= 0.3 is 11.8 Å². The molecule has 0 fully saturated rings. The van der Waals surface area contributed by atoms with Gasteiger partial charge in [-0.15, -0.1) is 0 Å². The summed E-state index contributed by atoms with van der Waals surface area (Å²) in [5.41, 5.74) is 1.37. The number of rotatable bonds is 3. The van der Waals surface area contributed by atoms with E-state index in [9.17, 15) is 9.59 Å². The number of amides is 2. The van der Waals surface area contributed by atoms with E-state index in [2.05, 4.69) is 26.6 Å². The third-order valence-corrected chi connectivity index (χ3v) is 3.36. The molecule has 0 spiro atoms. The van der Waals surface area contributed by atoms with E-state index in [-0.39, 0.29) is 6.54 Å². The molecule has 4 nitrogen and oxygen atoms in total. The normalized spacial score (nSPS) is 10.0. The third-order valence-electron chi connectivity index (χ3n) is 2.63. The number of nitrogens with one attached hydrogen (secondary N) is 2. The van der Waals surface area contributed by atoms with E-state index < -0.39 is 11.8 Å². The summed E-state index contributed by atoms with van der Waals surface area (Å²) in [5, 5.41) is 5.65. The number of hydrogen-bond donors (Lipinski definition) is 2. The average molecular weight is 368 g/mol. The first-order valence-electron chi connectivity index (χ1n) is 6.14. The van der Waals surface area contributed by atoms with Gasteiger partial charge < -0.3 is 10.6 Å². The van der Waals surface area contributed by atoms with Gasteiger partial charge in [-0.2, -0.15) is 0 Å². The maximum atomic E-state index is 11.7. The fourth-order valence-electron chi connectivity index (χ4n) is 1.66. The van der Waals surface area contributed by atoms with Gasteiger partial charge in [-0.25, -0.2) is 0 Å². The van der Waals surface area contributed by atoms with Crippen molar-refractivity contribution in [2.75, 3.05) is 5.32 Å². The predicted octanol–water partition coefficient (Wildman–Crippen LogP) is 3.36. The van der Waals surface area contributed by atoms with Crippen LogP contribution in [0.3, 0.4) is 0 Å². The number of halogens is 2. The SMILES string of the molecule is O=C(NCc1cccc(Cl)c1)C(=O)Nc1cccc(Br)c1. The minimum absolute atomic E-state index is 0.241. The van der Waals surface area contributed by atoms with Crippen LogP contribution in [0.5, 0.6) is 0 Å². The Morgan fingerprint density at radius 2 is 1.81 bits per heavy atom. The van der Waals surface area contributed by atoms with E-state index in [0.29, 0.717) is 10.7 Å². The molecule has 0 aliphatic heterocycles. The lowest BCUT2D eigenvalue weighted by Crippen LogP contribution is -2.34. The fraction of sp³-hybridized carbons (Fsp3) is 0.0667. The van der Waals surface area contributed by atoms with Gasteiger partial charge in [-0.3, -0.25) is 9.59 Å². The first-order chi connectivity index (χ1) is 10.0. The van der Waals surface area contributed by atoms with Crippen LogP contribution in [0.25, 0.3) is 0 Å². The molecule has 0 heterocycles. The van der Waals surface area contributed by atoms with Crippen LogP contribution < -0.4 is 10.6 Å². The highest BCUT2D eigenvalue weighted by molar-refractivity contribution is 9.10. The molecule has 0 unspecified atom stereocenters. The minimum atomic E-state index is -0.713. The third kappa shape index (κ3) is 4.88. The van der Waals surface area contributed by atoms with Gasteiger partial charge in [0.1, 0.15) is 0 Å². The molecule has 0 saturated heterocycles. The van der Waals surface area contributed by atoms with Crippen LogP contribution in [0.1, 0.15) is 5.56 Å². The molecular formula is C15H12BrClN2O2. The van der Waals surface area contributed by atoms with E-state index in [1.807, 2.05) is 12.1 Å². The standard InChI is InChI=1S/C15H12BrClN2O2/c16-11-4-2-6-13(8-11)19-15(21)14(20)18-9-10-3-1-5-12(17)7-10/h1-8H,9H2,(H,18,20)(H,19,21). The monoisotopic (exact) mass is 366 g/mol. The molecule has 2 N–H and O–H groups in total. The number of hydrogen-bond acceptors (Lipinski definition) is 2. The van der Waals surface area contributed by atoms with Crippen molar-refractivity contribution >= 4 is 45.0 Å². The lowest BCUT2D eigenvalue weighted by molar-refractivity contribution is -0.136. The fourth-order valence-corrected chi connectivity index (χ4v) is 2.28. The number of anilines is 1. The van der Waals surface area contributed by atoms with Gasteiger partial charge in [0.15, 0.2) is 0 Å². The number of carbonyl (C=O) groups excluding carboxylic acids is 2. The van der Waals surface area contributed by atoms with Gasteiger partial charge in [0.25, 0.3) is 0 Å². The van der Waals surface area contributed by atoms with Crippen LogP contribution in [0.2, 0.25) is 5.02 Å². The Bertz CT molecular complexity index is 676. The number of carbonyl (C=O) groups is 2. The van der Waals surface area contributed by atoms with Gasteiger partial charge in [-0.1, -0.05) is 45.7 Å². The summed E-state index contributed by atoms with van der Waals surface area (Å²) in [6.45, 7) is 0.241. The van der Waals surface area contributed by atoms with Gasteiger partial charge in [0.2, 0.25) is 0 Å². The summed E-state index contributed by atoms with van der Waals surface area (Å²) in [6.07, 6.45) is 0. The van der Waals surface area contributed by atoms with Crippen molar-refractivity contribution in [3.05, 3.63) is 63.6 Å². The van der Waals surface area contributed by atoms with Crippen LogP contribution in [-0.2, 0) is 16.1 Å². The Morgan fingerprint density at radius 1 is 1.05 bits per heavy atom. The molecule has 2 amide bonds. The lowest BCUT2D eigenvalue weighted by atomic mass is 10.2. The van der Waals surface area contributed by atoms with Crippen LogP contribution in [0.15, 0.2) is 53.0 Å². The molecule has 0 saturated carbocycles. The maximum Gasteiger partial charge on any atom is 0.313 e. The molecule has 0 bridgehead atoms. The molecule has 21 heavy (non-hydrogen) atoms. The summed E-state index contributed by atoms with van der Waals surface area (Å²) in [7, 11) is 0. The van der Waals surface area contributed by atoms with Crippen molar-refractivity contribution in [2.45, 2.75) is 6.54 Å². The molecule has 0 aliphatic carbocycles. The topological polar surface area (TPSA) is 58.2 Å². The second-order valence-electron chi connectivity index (χ2n) is 4.28. The Morgan fingerprint density at radius 3 is 2.52 bits per heavy atom. The molecule has 6 heteroatoms. The van der Waals surface area contributed by atoms with E-state index >= 15 is 0 Å². The summed E-state index contributed by atoms with van der Waals surface area (Å²) in [4.78, 5) is 23.5. The maximum absolute atomic E-state index is 11.7. The van der Waals surface area contributed by atoms with Gasteiger partial charge in [0, 0.05) is 21.7 Å². The Labute approximate surface area is 135 Å². The first-order valence-corrected chi connectivity index (χ1v) is 7.31. The van der Waals surface area contributed by atoms with E-state index in [1.54, 1.807) is 36.4 Å². The second-order valence-corrected chi connectivity index (χ2v) is 5.63. The van der Waals surface area contributed by atoms with Crippen molar-refractivity contribution < 1.29 is 9.59 Å². The smallest absolute Gasteiger partial charge is 0.313 e. The van der Waals surface area contributed by atoms with Crippen molar-refractivity contribution in [2.24, 2.45) is 0 Å². The van der Waals surface area contributed by atoms with Crippen molar-refractivity contribution in [1.82, 2.24) is 5.32 Å². The van der Waals surface area contributed by atoms with Crippen LogP contribution in [0, 0.1) is 0 Å². The van der Waals surface area contributed by atoms with Crippen molar-refractivity contribution in [3.8, 4) is 0 Å². The zero-order valence-corrected chi connectivity index (χ0v) is 13.2. The number of benzene rings is 2. The zero-order chi connectivity index (χ0) is 15.2. The van der Waals surface area contributed by atoms with E-state index in [0.717, 1.165) is 10.0 Å². The van der Waals surface area contributed by atoms with Gasteiger partial charge in [-0.05, 0) is 35.9 Å². The Hall–Kier alpha value is -1.85. The van der Waals surface area contributed by atoms with Crippen LogP contribution >= 0.6 is 27.5 Å². The molecule has 0 aliphatic rings. The van der Waals surface area contributed by atoms with Crippen molar-refractivity contribution in [1.29, 1.82) is 0 Å². The molecule has 2 aromatic rings. The average Bonchev–Trinajstić information content (AvgIpc) is 2.45. The van der Waals surface area contributed by atoms with E-state index in [1.165, 1.54) is 0 Å². The summed E-state index contributed by atoms with van der Waals surface area (Å²) < 4.78 is 0.819. The summed E-state index contributed by atoms with van der Waals surface area (Å²) in [5.74, 6) is -1.41. The molecule has 0 radical (unpaired) electrons. The Balaban J connectivity index is 1.89. The minimum Gasteiger partial charge on any atom is -0.344 e. The van der Waals surface area contributed by atoms with Gasteiger partial charge in [0.05, 0.1) is 0 Å². The van der Waals surface area contributed by atoms with Crippen molar-refractivity contribution in [3.63, 3.8) is 0 Å². The highest BCUT2D eigenvalue weighted by Gasteiger charge is 2.13. The molecule has 2 rings (SSSR count). The first kappa shape index (κ1) is 15.5. The van der Waals surface area contributed by atoms with Crippen LogP contribution in [0.4, 0.5) is 5.69 Å². The summed E-state index contributed by atoms with van der Waals surface area (Å²) in [6, 6.07) is 14.1. The highest BCUT2D eigenvalue weighted by atomic mass is 79.9. The zero-order valence-electron chi connectivity index (χ0n) is 10.9. The highest BCUT2D eigenvalue weighted by Crippen LogP contribution is 2.15. The summed E-state index contributed by atoms with van der Waals surface area (Å²) >= 11 is 9.14. The molecular weight excluding hydrogens is 356 g/mol. The largest absolute Gasteiger partial charge is 0.344 e. The molecule has 2 aromatic carbocycles. The molecule has 0 atom stereocenters. The molecule has 108 valence electrons. The Kier molecular flexibility index (Phi) is 5.36. The van der Waals surface area contributed by atoms with Crippen LogP contribution in [-0.4, -0.2) is 11.8 Å². The van der Waals surface area contributed by atoms with E-state index in [4.69, 9.17) is 11.6 Å². The predicted molar refractivity (Wildman–Crippen MR) is 86.1 cm³/mol. The molecule has 0 aromatic heterocycles. The quantitative estimate of drug-likeness (QED) is 0.817. The second kappa shape index (κ2) is 7.24. The lowest BCUT2D eigenvalue weighted by Gasteiger charge is -2.07.